The maximum Gasteiger partial charge on any atom is 0.0965 e. The first-order valence-electron chi connectivity index (χ1n) is 6.06. The summed E-state index contributed by atoms with van der Waals surface area (Å²) < 4.78 is 1.88. The van der Waals surface area contributed by atoms with Crippen LogP contribution in [0.5, 0.6) is 0 Å². The van der Waals surface area contributed by atoms with E-state index in [0.29, 0.717) is 6.04 Å². The molecule has 1 N–H and O–H groups in total. The Balaban J connectivity index is 2.53. The first-order valence-corrected chi connectivity index (χ1v) is 6.06. The zero-order valence-corrected chi connectivity index (χ0v) is 11.2. The molecule has 0 fully saturated rings. The normalized spacial score (nSPS) is 13.4. The van der Waals surface area contributed by atoms with Crippen LogP contribution in [0, 0.1) is 12.3 Å². The van der Waals surface area contributed by atoms with Crippen molar-refractivity contribution < 1.29 is 0 Å². The molecule has 0 saturated heterocycles. The Hall–Kier alpha value is -1.34. The van der Waals surface area contributed by atoms with Crippen LogP contribution in [0.3, 0.4) is 0 Å². The maximum atomic E-state index is 5.31. The van der Waals surface area contributed by atoms with Crippen LogP contribution in [0.2, 0.25) is 0 Å². The fourth-order valence-corrected chi connectivity index (χ4v) is 1.46. The summed E-state index contributed by atoms with van der Waals surface area (Å²) in [5.74, 6) is 2.68. The number of rotatable bonds is 5. The summed E-state index contributed by atoms with van der Waals surface area (Å²) in [4.78, 5) is 0. The average Bonchev–Trinajstić information content (AvgIpc) is 2.72. The monoisotopic (exact) mass is 234 g/mol. The molecule has 94 valence electrons. The summed E-state index contributed by atoms with van der Waals surface area (Å²) in [6.45, 7) is 9.15. The van der Waals surface area contributed by atoms with E-state index in [9.17, 15) is 0 Å². The van der Waals surface area contributed by atoms with Gasteiger partial charge in [0.05, 0.1) is 17.4 Å². The minimum absolute atomic E-state index is 0.0196. The van der Waals surface area contributed by atoms with Crippen molar-refractivity contribution in [1.29, 1.82) is 0 Å². The van der Waals surface area contributed by atoms with Gasteiger partial charge in [0.2, 0.25) is 0 Å². The Labute approximate surface area is 104 Å². The molecule has 0 saturated carbocycles. The van der Waals surface area contributed by atoms with E-state index in [1.807, 2.05) is 10.9 Å². The number of hydrogen-bond donors (Lipinski definition) is 1. The predicted molar refractivity (Wildman–Crippen MR) is 69.4 cm³/mol. The Kier molecular flexibility index (Phi) is 4.71. The van der Waals surface area contributed by atoms with Crippen LogP contribution in [0.1, 0.15) is 46.2 Å². The molecule has 0 radical (unpaired) electrons. The molecule has 0 bridgehead atoms. The van der Waals surface area contributed by atoms with Gasteiger partial charge in [0.25, 0.3) is 0 Å². The lowest BCUT2D eigenvalue weighted by Gasteiger charge is -2.17. The molecule has 0 spiro atoms. The highest BCUT2D eigenvalue weighted by atomic mass is 15.4. The minimum Gasteiger partial charge on any atom is -0.307 e. The fraction of sp³-hybridized carbons (Fsp3) is 0.692. The number of hydrogen-bond acceptors (Lipinski definition) is 3. The van der Waals surface area contributed by atoms with Crippen LogP contribution >= 0.6 is 0 Å². The van der Waals surface area contributed by atoms with Crippen molar-refractivity contribution in [2.24, 2.45) is 0 Å². The second-order valence-electron chi connectivity index (χ2n) is 5.22. The summed E-state index contributed by atoms with van der Waals surface area (Å²) in [7, 11) is 0. The molecular weight excluding hydrogens is 212 g/mol. The Morgan fingerprint density at radius 3 is 2.71 bits per heavy atom. The molecule has 4 nitrogen and oxygen atoms in total. The van der Waals surface area contributed by atoms with E-state index < -0.39 is 0 Å². The summed E-state index contributed by atoms with van der Waals surface area (Å²) >= 11 is 0. The fourth-order valence-electron chi connectivity index (χ4n) is 1.46. The molecule has 0 aliphatic rings. The van der Waals surface area contributed by atoms with Crippen molar-refractivity contribution >= 4 is 0 Å². The Morgan fingerprint density at radius 1 is 1.53 bits per heavy atom. The molecule has 0 aliphatic carbocycles. The highest BCUT2D eigenvalue weighted by Crippen LogP contribution is 2.11. The predicted octanol–water partition coefficient (Wildman–Crippen LogP) is 1.92. The third kappa shape index (κ3) is 4.20. The molecule has 1 heterocycles. The van der Waals surface area contributed by atoms with Crippen LogP contribution in [-0.2, 0) is 12.1 Å². The van der Waals surface area contributed by atoms with E-state index in [2.05, 4.69) is 49.2 Å². The summed E-state index contributed by atoms with van der Waals surface area (Å²) in [6, 6.07) is 0.361. The lowest BCUT2D eigenvalue weighted by Crippen LogP contribution is -2.27. The summed E-state index contributed by atoms with van der Waals surface area (Å²) in [5, 5.41) is 11.7. The van der Waals surface area contributed by atoms with Crippen molar-refractivity contribution in [2.45, 2.75) is 58.7 Å². The van der Waals surface area contributed by atoms with Crippen LogP contribution in [0.25, 0.3) is 0 Å². The highest BCUT2D eigenvalue weighted by molar-refractivity contribution is 4.96. The minimum atomic E-state index is -0.0196. The Bertz CT molecular complexity index is 381. The van der Waals surface area contributed by atoms with Gasteiger partial charge in [0, 0.05) is 19.0 Å². The molecule has 1 unspecified atom stereocenters. The third-order valence-electron chi connectivity index (χ3n) is 2.66. The van der Waals surface area contributed by atoms with E-state index in [1.54, 1.807) is 0 Å². The average molecular weight is 234 g/mol. The standard InChI is InChI=1S/C13H22N4/c1-6-8-11(7-2)14-9-12-10-17(16-15-12)13(3,4)5/h1,10-11,14H,7-9H2,2-5H3. The van der Waals surface area contributed by atoms with Crippen molar-refractivity contribution in [1.82, 2.24) is 20.3 Å². The van der Waals surface area contributed by atoms with E-state index >= 15 is 0 Å². The molecule has 17 heavy (non-hydrogen) atoms. The third-order valence-corrected chi connectivity index (χ3v) is 2.66. The highest BCUT2D eigenvalue weighted by Gasteiger charge is 2.15. The van der Waals surface area contributed by atoms with Gasteiger partial charge in [-0.05, 0) is 27.2 Å². The molecule has 1 aromatic heterocycles. The molecule has 4 heteroatoms. The zero-order chi connectivity index (χ0) is 12.9. The van der Waals surface area contributed by atoms with Gasteiger partial charge in [-0.15, -0.1) is 17.4 Å². The van der Waals surface area contributed by atoms with Gasteiger partial charge in [0.1, 0.15) is 0 Å². The second-order valence-corrected chi connectivity index (χ2v) is 5.22. The van der Waals surface area contributed by atoms with Crippen LogP contribution in [-0.4, -0.2) is 21.0 Å². The van der Waals surface area contributed by atoms with Crippen LogP contribution < -0.4 is 5.32 Å². The van der Waals surface area contributed by atoms with Gasteiger partial charge in [-0.3, -0.25) is 0 Å². The first-order chi connectivity index (χ1) is 7.97. The lowest BCUT2D eigenvalue weighted by molar-refractivity contribution is 0.346. The number of terminal acetylenes is 1. The SMILES string of the molecule is C#CCC(CC)NCc1cn(C(C)(C)C)nn1. The van der Waals surface area contributed by atoms with Gasteiger partial charge in [-0.2, -0.15) is 0 Å². The molecule has 0 amide bonds. The van der Waals surface area contributed by atoms with E-state index in [0.717, 1.165) is 25.1 Å². The molecule has 0 aromatic carbocycles. The van der Waals surface area contributed by atoms with E-state index in [4.69, 9.17) is 6.42 Å². The lowest BCUT2D eigenvalue weighted by atomic mass is 10.1. The second kappa shape index (κ2) is 5.83. The topological polar surface area (TPSA) is 42.7 Å². The van der Waals surface area contributed by atoms with Gasteiger partial charge in [0.15, 0.2) is 0 Å². The summed E-state index contributed by atoms with van der Waals surface area (Å²) in [5.41, 5.74) is 0.934. The van der Waals surface area contributed by atoms with Crippen molar-refractivity contribution in [3.63, 3.8) is 0 Å². The van der Waals surface area contributed by atoms with Gasteiger partial charge < -0.3 is 5.32 Å². The number of aromatic nitrogens is 3. The van der Waals surface area contributed by atoms with Gasteiger partial charge >= 0.3 is 0 Å². The first kappa shape index (κ1) is 13.7. The number of nitrogens with zero attached hydrogens (tertiary/aromatic N) is 3. The molecule has 1 rings (SSSR count). The van der Waals surface area contributed by atoms with Crippen molar-refractivity contribution in [2.75, 3.05) is 0 Å². The molecule has 1 atom stereocenters. The Morgan fingerprint density at radius 2 is 2.24 bits per heavy atom. The van der Waals surface area contributed by atoms with Crippen LogP contribution in [0.4, 0.5) is 0 Å². The van der Waals surface area contributed by atoms with Crippen molar-refractivity contribution in [3.05, 3.63) is 11.9 Å². The van der Waals surface area contributed by atoms with Gasteiger partial charge in [-0.25, -0.2) is 4.68 Å². The van der Waals surface area contributed by atoms with Crippen LogP contribution in [0.15, 0.2) is 6.20 Å². The van der Waals surface area contributed by atoms with Crippen molar-refractivity contribution in [3.8, 4) is 12.3 Å². The quantitative estimate of drug-likeness (QED) is 0.792. The smallest absolute Gasteiger partial charge is 0.0965 e. The van der Waals surface area contributed by atoms with Gasteiger partial charge in [-0.1, -0.05) is 12.1 Å². The maximum absolute atomic E-state index is 5.31. The largest absolute Gasteiger partial charge is 0.307 e. The summed E-state index contributed by atoms with van der Waals surface area (Å²) in [6.07, 6.45) is 9.07. The molecule has 0 aliphatic heterocycles. The van der Waals surface area contributed by atoms with E-state index in [-0.39, 0.29) is 5.54 Å². The molecule has 1 aromatic rings. The number of nitrogens with one attached hydrogen (secondary N) is 1. The molecular formula is C13H22N4. The van der Waals surface area contributed by atoms with E-state index in [1.165, 1.54) is 0 Å². The zero-order valence-electron chi connectivity index (χ0n) is 11.2.